The Morgan fingerprint density at radius 2 is 1.78 bits per heavy atom. The van der Waals surface area contributed by atoms with Crippen molar-refractivity contribution in [2.24, 2.45) is 5.41 Å². The first-order chi connectivity index (χ1) is 8.12. The molecule has 0 fully saturated rings. The number of nitrogens with one attached hydrogen (secondary N) is 2. The SMILES string of the molecule is CC(CC(=O)O)NC(=O)CCNC(=O)C(C)(C)C. The normalized spacial score (nSPS) is 12.7. The molecule has 0 aromatic rings. The predicted octanol–water partition coefficient (Wildman–Crippen LogP) is 0.518. The van der Waals surface area contributed by atoms with Crippen LogP contribution in [0.15, 0.2) is 0 Å². The van der Waals surface area contributed by atoms with Gasteiger partial charge in [-0.2, -0.15) is 0 Å². The number of carboxylic acid groups (broad SMARTS) is 1. The third kappa shape index (κ3) is 7.65. The van der Waals surface area contributed by atoms with E-state index in [1.807, 2.05) is 0 Å². The molecular formula is C12H22N2O4. The van der Waals surface area contributed by atoms with Crippen LogP contribution in [0.1, 0.15) is 40.5 Å². The molecule has 0 aliphatic heterocycles. The van der Waals surface area contributed by atoms with E-state index in [-0.39, 0.29) is 31.2 Å². The Bertz CT molecular complexity index is 321. The molecule has 0 bridgehead atoms. The Labute approximate surface area is 107 Å². The van der Waals surface area contributed by atoms with Gasteiger partial charge in [0.15, 0.2) is 0 Å². The number of amides is 2. The largest absolute Gasteiger partial charge is 0.481 e. The molecule has 3 N–H and O–H groups in total. The van der Waals surface area contributed by atoms with E-state index in [9.17, 15) is 14.4 Å². The molecule has 104 valence electrons. The third-order valence-electron chi connectivity index (χ3n) is 2.21. The highest BCUT2D eigenvalue weighted by Crippen LogP contribution is 2.11. The topological polar surface area (TPSA) is 95.5 Å². The average Bonchev–Trinajstić information content (AvgIpc) is 2.13. The van der Waals surface area contributed by atoms with Crippen molar-refractivity contribution in [2.75, 3.05) is 6.54 Å². The minimum Gasteiger partial charge on any atom is -0.481 e. The second-order valence-corrected chi connectivity index (χ2v) is 5.32. The van der Waals surface area contributed by atoms with Crippen LogP contribution in [0.4, 0.5) is 0 Å². The Kier molecular flexibility index (Phi) is 6.36. The summed E-state index contributed by atoms with van der Waals surface area (Å²) < 4.78 is 0. The first-order valence-corrected chi connectivity index (χ1v) is 5.92. The molecule has 6 heteroatoms. The van der Waals surface area contributed by atoms with Gasteiger partial charge in [-0.15, -0.1) is 0 Å². The van der Waals surface area contributed by atoms with Gasteiger partial charge in [-0.1, -0.05) is 20.8 Å². The summed E-state index contributed by atoms with van der Waals surface area (Å²) in [5, 5.41) is 13.7. The van der Waals surface area contributed by atoms with Crippen molar-refractivity contribution in [3.63, 3.8) is 0 Å². The summed E-state index contributed by atoms with van der Waals surface area (Å²) in [5.74, 6) is -1.34. The predicted molar refractivity (Wildman–Crippen MR) is 66.9 cm³/mol. The van der Waals surface area contributed by atoms with Gasteiger partial charge in [-0.05, 0) is 6.92 Å². The zero-order valence-electron chi connectivity index (χ0n) is 11.4. The van der Waals surface area contributed by atoms with E-state index in [1.165, 1.54) is 0 Å². The summed E-state index contributed by atoms with van der Waals surface area (Å²) in [5.41, 5.74) is -0.479. The second kappa shape index (κ2) is 6.98. The molecule has 0 aromatic heterocycles. The summed E-state index contributed by atoms with van der Waals surface area (Å²) >= 11 is 0. The molecule has 0 radical (unpaired) electrons. The van der Waals surface area contributed by atoms with Crippen molar-refractivity contribution in [1.82, 2.24) is 10.6 Å². The third-order valence-corrected chi connectivity index (χ3v) is 2.21. The van der Waals surface area contributed by atoms with Crippen LogP contribution in [-0.4, -0.2) is 35.5 Å². The first kappa shape index (κ1) is 16.4. The molecule has 2 amide bonds. The van der Waals surface area contributed by atoms with Crippen molar-refractivity contribution in [3.8, 4) is 0 Å². The number of carbonyl (C=O) groups excluding carboxylic acids is 2. The van der Waals surface area contributed by atoms with Crippen molar-refractivity contribution < 1.29 is 19.5 Å². The number of hydrogen-bond acceptors (Lipinski definition) is 3. The lowest BCUT2D eigenvalue weighted by molar-refractivity contribution is -0.137. The van der Waals surface area contributed by atoms with Gasteiger partial charge >= 0.3 is 5.97 Å². The zero-order valence-corrected chi connectivity index (χ0v) is 11.4. The van der Waals surface area contributed by atoms with Crippen LogP contribution < -0.4 is 10.6 Å². The van der Waals surface area contributed by atoms with Crippen LogP contribution in [-0.2, 0) is 14.4 Å². The monoisotopic (exact) mass is 258 g/mol. The van der Waals surface area contributed by atoms with Crippen LogP contribution in [0, 0.1) is 5.41 Å². The molecule has 1 unspecified atom stereocenters. The zero-order chi connectivity index (χ0) is 14.3. The van der Waals surface area contributed by atoms with E-state index in [1.54, 1.807) is 27.7 Å². The molecule has 0 heterocycles. The van der Waals surface area contributed by atoms with Gasteiger partial charge in [0, 0.05) is 24.4 Å². The van der Waals surface area contributed by atoms with Crippen molar-refractivity contribution in [1.29, 1.82) is 0 Å². The van der Waals surface area contributed by atoms with Gasteiger partial charge in [0.2, 0.25) is 11.8 Å². The lowest BCUT2D eigenvalue weighted by Gasteiger charge is -2.17. The van der Waals surface area contributed by atoms with Crippen molar-refractivity contribution in [3.05, 3.63) is 0 Å². The highest BCUT2D eigenvalue weighted by Gasteiger charge is 2.20. The quantitative estimate of drug-likeness (QED) is 0.647. The summed E-state index contributed by atoms with van der Waals surface area (Å²) in [4.78, 5) is 33.3. The number of rotatable bonds is 6. The summed E-state index contributed by atoms with van der Waals surface area (Å²) in [6, 6.07) is -0.409. The molecule has 0 aliphatic rings. The van der Waals surface area contributed by atoms with Gasteiger partial charge in [0.05, 0.1) is 6.42 Å². The molecule has 1 atom stereocenters. The van der Waals surface area contributed by atoms with E-state index >= 15 is 0 Å². The summed E-state index contributed by atoms with van der Waals surface area (Å²) in [6.45, 7) is 7.24. The maximum atomic E-state index is 11.5. The molecule has 0 spiro atoms. The standard InChI is InChI=1S/C12H22N2O4/c1-8(7-10(16)17)14-9(15)5-6-13-11(18)12(2,3)4/h8H,5-7H2,1-4H3,(H,13,18)(H,14,15)(H,16,17). The Morgan fingerprint density at radius 1 is 1.22 bits per heavy atom. The second-order valence-electron chi connectivity index (χ2n) is 5.32. The molecule has 6 nitrogen and oxygen atoms in total. The van der Waals surface area contributed by atoms with E-state index in [4.69, 9.17) is 5.11 Å². The lowest BCUT2D eigenvalue weighted by atomic mass is 9.96. The van der Waals surface area contributed by atoms with Crippen LogP contribution in [0.5, 0.6) is 0 Å². The maximum Gasteiger partial charge on any atom is 0.305 e. The van der Waals surface area contributed by atoms with Gasteiger partial charge in [-0.25, -0.2) is 0 Å². The number of carboxylic acids is 1. The number of carbonyl (C=O) groups is 3. The molecule has 0 rings (SSSR count). The maximum absolute atomic E-state index is 11.5. The van der Waals surface area contributed by atoms with Gasteiger partial charge < -0.3 is 15.7 Å². The molecule has 0 aromatic carbocycles. The molecule has 0 saturated heterocycles. The van der Waals surface area contributed by atoms with Crippen LogP contribution in [0.3, 0.4) is 0 Å². The summed E-state index contributed by atoms with van der Waals surface area (Å²) in [6.07, 6.45) is 0.0336. The molecule has 0 saturated carbocycles. The minimum atomic E-state index is -0.955. The van der Waals surface area contributed by atoms with Crippen molar-refractivity contribution in [2.45, 2.75) is 46.6 Å². The van der Waals surface area contributed by atoms with Gasteiger partial charge in [-0.3, -0.25) is 14.4 Å². The highest BCUT2D eigenvalue weighted by molar-refractivity contribution is 5.82. The van der Waals surface area contributed by atoms with E-state index in [0.717, 1.165) is 0 Å². The van der Waals surface area contributed by atoms with Crippen LogP contribution in [0.2, 0.25) is 0 Å². The fraction of sp³-hybridized carbons (Fsp3) is 0.750. The first-order valence-electron chi connectivity index (χ1n) is 5.92. The molecule has 0 aliphatic carbocycles. The molecule has 18 heavy (non-hydrogen) atoms. The van der Waals surface area contributed by atoms with E-state index < -0.39 is 17.4 Å². The fourth-order valence-corrected chi connectivity index (χ4v) is 1.21. The van der Waals surface area contributed by atoms with Crippen molar-refractivity contribution >= 4 is 17.8 Å². The number of hydrogen-bond donors (Lipinski definition) is 3. The average molecular weight is 258 g/mol. The molecular weight excluding hydrogens is 236 g/mol. The highest BCUT2D eigenvalue weighted by atomic mass is 16.4. The minimum absolute atomic E-state index is 0.111. The van der Waals surface area contributed by atoms with Crippen LogP contribution >= 0.6 is 0 Å². The van der Waals surface area contributed by atoms with E-state index in [0.29, 0.717) is 0 Å². The lowest BCUT2D eigenvalue weighted by Crippen LogP contribution is -2.39. The fourth-order valence-electron chi connectivity index (χ4n) is 1.21. The summed E-state index contributed by atoms with van der Waals surface area (Å²) in [7, 11) is 0. The smallest absolute Gasteiger partial charge is 0.305 e. The van der Waals surface area contributed by atoms with Gasteiger partial charge in [0.25, 0.3) is 0 Å². The Morgan fingerprint density at radius 3 is 2.22 bits per heavy atom. The Hall–Kier alpha value is -1.59. The Balaban J connectivity index is 3.85. The number of aliphatic carboxylic acids is 1. The van der Waals surface area contributed by atoms with E-state index in [2.05, 4.69) is 10.6 Å². The van der Waals surface area contributed by atoms with Crippen LogP contribution in [0.25, 0.3) is 0 Å². The van der Waals surface area contributed by atoms with Gasteiger partial charge in [0.1, 0.15) is 0 Å².